The molecule has 0 aliphatic heterocycles. The number of hydrogen-bond donors (Lipinski definition) is 0. The van der Waals surface area contributed by atoms with Crippen molar-refractivity contribution in [1.82, 2.24) is 10.1 Å². The predicted octanol–water partition coefficient (Wildman–Crippen LogP) is 3.66. The number of aromatic nitrogens is 2. The lowest BCUT2D eigenvalue weighted by Crippen LogP contribution is -1.92. The van der Waals surface area contributed by atoms with Gasteiger partial charge in [0.05, 0.1) is 11.8 Å². The van der Waals surface area contributed by atoms with Crippen molar-refractivity contribution in [1.29, 1.82) is 0 Å². The van der Waals surface area contributed by atoms with E-state index in [1.807, 2.05) is 30.3 Å². The predicted molar refractivity (Wildman–Crippen MR) is 66.1 cm³/mol. The number of rotatable bonds is 3. The molecule has 90 valence electrons. The maximum absolute atomic E-state index is 6.29. The molecule has 0 fully saturated rings. The van der Waals surface area contributed by atoms with Gasteiger partial charge in [0.2, 0.25) is 11.7 Å². The standard InChI is InChI=1S/C13H9ClN2O2/c14-11(9-4-2-1-3-5-9)13-15-12(16-18-13)10-6-7-17-8-10/h1-8,11H. The quantitative estimate of drug-likeness (QED) is 0.675. The Kier molecular flexibility index (Phi) is 2.86. The van der Waals surface area contributed by atoms with Crippen molar-refractivity contribution in [3.63, 3.8) is 0 Å². The van der Waals surface area contributed by atoms with Gasteiger partial charge in [0, 0.05) is 0 Å². The Hall–Kier alpha value is -2.07. The van der Waals surface area contributed by atoms with E-state index in [4.69, 9.17) is 20.5 Å². The number of hydrogen-bond acceptors (Lipinski definition) is 4. The summed E-state index contributed by atoms with van der Waals surface area (Å²) in [4.78, 5) is 4.26. The van der Waals surface area contributed by atoms with Crippen LogP contribution in [-0.2, 0) is 0 Å². The summed E-state index contributed by atoms with van der Waals surface area (Å²) in [5.74, 6) is 0.847. The van der Waals surface area contributed by atoms with Gasteiger partial charge in [0.1, 0.15) is 11.6 Å². The normalized spacial score (nSPS) is 12.5. The molecule has 18 heavy (non-hydrogen) atoms. The average molecular weight is 261 g/mol. The van der Waals surface area contributed by atoms with Gasteiger partial charge in [-0.25, -0.2) is 0 Å². The van der Waals surface area contributed by atoms with E-state index in [9.17, 15) is 0 Å². The highest BCUT2D eigenvalue weighted by molar-refractivity contribution is 6.22. The molecular formula is C13H9ClN2O2. The van der Waals surface area contributed by atoms with Gasteiger partial charge in [-0.3, -0.25) is 0 Å². The van der Waals surface area contributed by atoms with Gasteiger partial charge < -0.3 is 8.94 Å². The lowest BCUT2D eigenvalue weighted by atomic mass is 10.1. The molecule has 2 aromatic heterocycles. The van der Waals surface area contributed by atoms with Gasteiger partial charge >= 0.3 is 0 Å². The summed E-state index contributed by atoms with van der Waals surface area (Å²) in [6.07, 6.45) is 3.11. The van der Waals surface area contributed by atoms with Gasteiger partial charge in [-0.2, -0.15) is 4.98 Å². The Labute approximate surface area is 108 Å². The fourth-order valence-electron chi connectivity index (χ4n) is 1.61. The number of nitrogens with zero attached hydrogens (tertiary/aromatic N) is 2. The van der Waals surface area contributed by atoms with Crippen molar-refractivity contribution in [2.75, 3.05) is 0 Å². The van der Waals surface area contributed by atoms with E-state index in [-0.39, 0.29) is 0 Å². The SMILES string of the molecule is ClC(c1ccccc1)c1nc(-c2ccoc2)no1. The Bertz CT molecular complexity index is 620. The Balaban J connectivity index is 1.90. The van der Waals surface area contributed by atoms with Crippen LogP contribution in [0, 0.1) is 0 Å². The van der Waals surface area contributed by atoms with Crippen LogP contribution >= 0.6 is 11.6 Å². The number of alkyl halides is 1. The summed E-state index contributed by atoms with van der Waals surface area (Å²) in [5.41, 5.74) is 1.68. The van der Waals surface area contributed by atoms with Gasteiger partial charge in [0.15, 0.2) is 0 Å². The molecule has 0 radical (unpaired) electrons. The zero-order valence-corrected chi connectivity index (χ0v) is 10.0. The van der Waals surface area contributed by atoms with E-state index in [2.05, 4.69) is 10.1 Å². The Morgan fingerprint density at radius 3 is 2.67 bits per heavy atom. The van der Waals surface area contributed by atoms with Crippen LogP contribution in [0.25, 0.3) is 11.4 Å². The molecule has 1 aromatic carbocycles. The lowest BCUT2D eigenvalue weighted by molar-refractivity contribution is 0.383. The second-order valence-corrected chi connectivity index (χ2v) is 4.18. The lowest BCUT2D eigenvalue weighted by Gasteiger charge is -2.03. The number of furan rings is 1. The van der Waals surface area contributed by atoms with E-state index < -0.39 is 5.38 Å². The highest BCUT2D eigenvalue weighted by Gasteiger charge is 2.19. The maximum atomic E-state index is 6.29. The Morgan fingerprint density at radius 1 is 1.11 bits per heavy atom. The molecule has 5 heteroatoms. The Morgan fingerprint density at radius 2 is 1.94 bits per heavy atom. The summed E-state index contributed by atoms with van der Waals surface area (Å²) in [6.45, 7) is 0. The molecule has 4 nitrogen and oxygen atoms in total. The van der Waals surface area contributed by atoms with E-state index in [0.717, 1.165) is 11.1 Å². The zero-order chi connectivity index (χ0) is 12.4. The van der Waals surface area contributed by atoms with Crippen molar-refractivity contribution in [2.24, 2.45) is 0 Å². The molecule has 1 unspecified atom stereocenters. The first-order valence-electron chi connectivity index (χ1n) is 5.40. The summed E-state index contributed by atoms with van der Waals surface area (Å²) >= 11 is 6.29. The minimum atomic E-state index is -0.445. The second kappa shape index (κ2) is 4.66. The molecule has 0 N–H and O–H groups in total. The first-order valence-corrected chi connectivity index (χ1v) is 5.83. The number of benzene rings is 1. The fourth-order valence-corrected chi connectivity index (χ4v) is 1.85. The van der Waals surface area contributed by atoms with E-state index in [1.165, 1.54) is 0 Å². The molecule has 0 spiro atoms. The van der Waals surface area contributed by atoms with Crippen molar-refractivity contribution >= 4 is 11.6 Å². The maximum Gasteiger partial charge on any atom is 0.249 e. The van der Waals surface area contributed by atoms with Gasteiger partial charge in [-0.05, 0) is 11.6 Å². The third-order valence-corrected chi connectivity index (χ3v) is 2.97. The van der Waals surface area contributed by atoms with Crippen LogP contribution in [0.3, 0.4) is 0 Å². The van der Waals surface area contributed by atoms with Crippen LogP contribution in [0.4, 0.5) is 0 Å². The van der Waals surface area contributed by atoms with Crippen molar-refractivity contribution < 1.29 is 8.94 Å². The molecular weight excluding hydrogens is 252 g/mol. The largest absolute Gasteiger partial charge is 0.472 e. The number of halogens is 1. The molecule has 3 rings (SSSR count). The van der Waals surface area contributed by atoms with Crippen molar-refractivity contribution in [3.05, 3.63) is 60.4 Å². The van der Waals surface area contributed by atoms with Gasteiger partial charge in [-0.1, -0.05) is 35.5 Å². The molecule has 1 atom stereocenters. The second-order valence-electron chi connectivity index (χ2n) is 3.74. The molecule has 0 amide bonds. The third kappa shape index (κ3) is 2.02. The topological polar surface area (TPSA) is 52.1 Å². The first kappa shape index (κ1) is 11.0. The highest BCUT2D eigenvalue weighted by Crippen LogP contribution is 2.28. The average Bonchev–Trinajstić information content (AvgIpc) is 3.09. The van der Waals surface area contributed by atoms with Gasteiger partial charge in [-0.15, -0.1) is 11.6 Å². The molecule has 0 saturated heterocycles. The third-order valence-electron chi connectivity index (χ3n) is 2.53. The van der Waals surface area contributed by atoms with E-state index >= 15 is 0 Å². The fraction of sp³-hybridized carbons (Fsp3) is 0.0769. The summed E-state index contributed by atoms with van der Waals surface area (Å²) in [7, 11) is 0. The summed E-state index contributed by atoms with van der Waals surface area (Å²) in [6, 6.07) is 11.4. The minimum Gasteiger partial charge on any atom is -0.472 e. The summed E-state index contributed by atoms with van der Waals surface area (Å²) in [5, 5.41) is 3.43. The smallest absolute Gasteiger partial charge is 0.249 e. The molecule has 0 aliphatic rings. The van der Waals surface area contributed by atoms with E-state index in [1.54, 1.807) is 18.6 Å². The van der Waals surface area contributed by atoms with Gasteiger partial charge in [0.25, 0.3) is 0 Å². The molecule has 0 bridgehead atoms. The molecule has 3 aromatic rings. The van der Waals surface area contributed by atoms with Crippen LogP contribution in [0.2, 0.25) is 0 Å². The molecule has 0 aliphatic carbocycles. The first-order chi connectivity index (χ1) is 8.84. The van der Waals surface area contributed by atoms with Crippen LogP contribution in [0.15, 0.2) is 57.9 Å². The molecule has 0 saturated carbocycles. The zero-order valence-electron chi connectivity index (χ0n) is 9.29. The highest BCUT2D eigenvalue weighted by atomic mass is 35.5. The summed E-state index contributed by atoms with van der Waals surface area (Å²) < 4.78 is 10.1. The molecule has 2 heterocycles. The van der Waals surface area contributed by atoms with Crippen LogP contribution in [0.1, 0.15) is 16.8 Å². The van der Waals surface area contributed by atoms with Crippen molar-refractivity contribution in [3.8, 4) is 11.4 Å². The minimum absolute atomic E-state index is 0.374. The van der Waals surface area contributed by atoms with Crippen LogP contribution in [-0.4, -0.2) is 10.1 Å². The monoisotopic (exact) mass is 260 g/mol. The van der Waals surface area contributed by atoms with Crippen LogP contribution in [0.5, 0.6) is 0 Å². The van der Waals surface area contributed by atoms with Crippen molar-refractivity contribution in [2.45, 2.75) is 5.38 Å². The van der Waals surface area contributed by atoms with E-state index in [0.29, 0.717) is 11.7 Å². The van der Waals surface area contributed by atoms with Crippen LogP contribution < -0.4 is 0 Å².